The molecule has 3 atom stereocenters. The third kappa shape index (κ3) is 4.86. The first-order chi connectivity index (χ1) is 13.3. The lowest BCUT2D eigenvalue weighted by Gasteiger charge is -2.12. The summed E-state index contributed by atoms with van der Waals surface area (Å²) in [6, 6.07) is 7.04. The number of aromatic nitrogens is 3. The summed E-state index contributed by atoms with van der Waals surface area (Å²) in [4.78, 5) is 20.5. The molecule has 0 radical (unpaired) electrons. The van der Waals surface area contributed by atoms with E-state index in [2.05, 4.69) is 29.7 Å². The molecule has 0 aliphatic rings. The summed E-state index contributed by atoms with van der Waals surface area (Å²) in [6.07, 6.45) is 1.35. The van der Waals surface area contributed by atoms with E-state index in [1.165, 1.54) is 30.5 Å². The van der Waals surface area contributed by atoms with Crippen LogP contribution >= 0.6 is 31.8 Å². The highest BCUT2D eigenvalue weighted by Crippen LogP contribution is 2.40. The Labute approximate surface area is 174 Å². The molecule has 0 saturated carbocycles. The number of pyridine rings is 1. The molecule has 28 heavy (non-hydrogen) atoms. The number of hydrogen-bond donors (Lipinski definition) is 2. The van der Waals surface area contributed by atoms with Crippen LogP contribution in [0.1, 0.15) is 27.9 Å². The van der Waals surface area contributed by atoms with Crippen LogP contribution in [-0.4, -0.2) is 32.7 Å². The Bertz CT molecular complexity index is 962. The quantitative estimate of drug-likeness (QED) is 0.296. The van der Waals surface area contributed by atoms with Gasteiger partial charge in [-0.15, -0.1) is 0 Å². The summed E-state index contributed by atoms with van der Waals surface area (Å²) in [5.41, 5.74) is 0.902. The van der Waals surface area contributed by atoms with Crippen molar-refractivity contribution in [2.45, 2.75) is 9.46 Å². The van der Waals surface area contributed by atoms with Crippen molar-refractivity contribution < 1.29 is 23.2 Å². The number of carbonyl (C=O) groups excluding carboxylic acids is 1. The van der Waals surface area contributed by atoms with Crippen molar-refractivity contribution in [1.29, 1.82) is 0 Å². The maximum absolute atomic E-state index is 13.9. The number of alkyl halides is 2. The van der Waals surface area contributed by atoms with Crippen LogP contribution in [0, 0.1) is 5.82 Å². The third-order valence-corrected chi connectivity index (χ3v) is 4.67. The van der Waals surface area contributed by atoms with Gasteiger partial charge in [0.2, 0.25) is 5.82 Å². The van der Waals surface area contributed by atoms with Crippen LogP contribution in [0.3, 0.4) is 0 Å². The van der Waals surface area contributed by atoms with Crippen LogP contribution in [0.15, 0.2) is 47.1 Å². The average Bonchev–Trinajstić information content (AvgIpc) is 3.16. The summed E-state index contributed by atoms with van der Waals surface area (Å²) in [5.74, 6) is -0.913. The van der Waals surface area contributed by atoms with Crippen LogP contribution < -0.4 is 5.32 Å². The maximum atomic E-state index is 13.9. The highest BCUT2D eigenvalue weighted by molar-refractivity contribution is 14.1. The molecule has 2 heterocycles. The molecule has 0 aliphatic heterocycles. The number of benzene rings is 1. The minimum atomic E-state index is -1.64. The molecule has 0 saturated heterocycles. The Kier molecular flexibility index (Phi) is 6.31. The molecule has 0 spiro atoms. The minimum Gasteiger partial charge on any atom is -0.394 e. The largest absolute Gasteiger partial charge is 0.394 e. The van der Waals surface area contributed by atoms with Gasteiger partial charge in [-0.05, 0) is 52.9 Å². The monoisotopic (exact) mass is 518 g/mol. The molecule has 3 rings (SSSR count). The molecule has 1 aromatic carbocycles. The van der Waals surface area contributed by atoms with Crippen molar-refractivity contribution >= 4 is 37.7 Å². The number of aliphatic hydroxyl groups is 1. The van der Waals surface area contributed by atoms with Crippen molar-refractivity contribution in [3.63, 3.8) is 0 Å². The van der Waals surface area contributed by atoms with Gasteiger partial charge in [-0.3, -0.25) is 9.78 Å². The number of carbonyl (C=O) groups is 1. The Morgan fingerprint density at radius 1 is 1.32 bits per heavy atom. The number of amides is 1. The molecular weight excluding hydrogens is 504 g/mol. The van der Waals surface area contributed by atoms with Crippen molar-refractivity contribution in [3.05, 3.63) is 65.4 Å². The van der Waals surface area contributed by atoms with Crippen LogP contribution in [0.2, 0.25) is 0 Å². The number of hydrogen-bond acceptors (Lipinski definition) is 6. The van der Waals surface area contributed by atoms with Gasteiger partial charge < -0.3 is 14.9 Å². The standard InChI is InChI=1S/C17H14F2IN4O3P/c18-11-4-1-9(2-5-11)15(26)22-13(8-25)16-23-14(24-27-16)12-6-3-10(7-21-12)17(19,20)28/h1-7,13,25H,8,28H2,(H,22,26)/t13-,17?/m0/s1. The van der Waals surface area contributed by atoms with Gasteiger partial charge in [-0.25, -0.2) is 8.78 Å². The third-order valence-electron chi connectivity index (χ3n) is 3.71. The number of rotatable bonds is 6. The normalized spacial score (nSPS) is 14.3. The average molecular weight is 518 g/mol. The fourth-order valence-electron chi connectivity index (χ4n) is 2.23. The zero-order valence-corrected chi connectivity index (χ0v) is 17.5. The van der Waals surface area contributed by atoms with Crippen LogP contribution in [0.25, 0.3) is 11.5 Å². The van der Waals surface area contributed by atoms with Crippen LogP contribution in [0.5, 0.6) is 0 Å². The van der Waals surface area contributed by atoms with Gasteiger partial charge >= 0.3 is 0 Å². The lowest BCUT2D eigenvalue weighted by atomic mass is 10.2. The SMILES string of the molecule is O=C(N[C@@H](CO)c1nc(-c2ccc(C(F)(P)I)cn2)no1)c1ccc(F)cc1. The smallest absolute Gasteiger partial charge is 0.251 e. The minimum absolute atomic E-state index is 0.0291. The van der Waals surface area contributed by atoms with Gasteiger partial charge in [0.1, 0.15) is 17.6 Å². The number of halogens is 3. The summed E-state index contributed by atoms with van der Waals surface area (Å²) < 4.78 is 30.3. The molecule has 0 bridgehead atoms. The number of nitrogens with zero attached hydrogens (tertiary/aromatic N) is 3. The summed E-state index contributed by atoms with van der Waals surface area (Å²) in [6.45, 7) is -0.493. The molecule has 3 aromatic rings. The summed E-state index contributed by atoms with van der Waals surface area (Å²) in [7, 11) is 2.07. The van der Waals surface area contributed by atoms with Crippen LogP contribution in [0.4, 0.5) is 8.78 Å². The molecule has 0 fully saturated rings. The van der Waals surface area contributed by atoms with Gasteiger partial charge in [0.15, 0.2) is 3.42 Å². The second kappa shape index (κ2) is 8.54. The molecule has 2 unspecified atom stereocenters. The van der Waals surface area contributed by atoms with Crippen molar-refractivity contribution in [1.82, 2.24) is 20.4 Å². The van der Waals surface area contributed by atoms with E-state index in [1.807, 2.05) is 0 Å². The van der Waals surface area contributed by atoms with E-state index < -0.39 is 27.8 Å². The molecule has 11 heteroatoms. The first-order valence-corrected chi connectivity index (χ1v) is 9.58. The fourth-order valence-corrected chi connectivity index (χ4v) is 2.72. The lowest BCUT2D eigenvalue weighted by molar-refractivity contribution is 0.0901. The zero-order valence-electron chi connectivity index (χ0n) is 14.1. The van der Waals surface area contributed by atoms with Gasteiger partial charge in [-0.2, -0.15) is 4.98 Å². The zero-order chi connectivity index (χ0) is 20.3. The molecule has 1 amide bonds. The molecule has 2 N–H and O–H groups in total. The Morgan fingerprint density at radius 2 is 2.04 bits per heavy atom. The summed E-state index contributed by atoms with van der Waals surface area (Å²) in [5, 5.41) is 15.9. The Morgan fingerprint density at radius 3 is 2.61 bits per heavy atom. The molecule has 2 aromatic heterocycles. The fraction of sp³-hybridized carbons (Fsp3) is 0.176. The Balaban J connectivity index is 1.75. The number of nitrogens with one attached hydrogen (secondary N) is 1. The highest BCUT2D eigenvalue weighted by atomic mass is 127. The molecule has 0 aliphatic carbocycles. The number of aliphatic hydroxyl groups excluding tert-OH is 1. The van der Waals surface area contributed by atoms with Crippen LogP contribution in [-0.2, 0) is 3.42 Å². The second-order valence-electron chi connectivity index (χ2n) is 5.73. The highest BCUT2D eigenvalue weighted by Gasteiger charge is 2.24. The summed E-state index contributed by atoms with van der Waals surface area (Å²) >= 11 is 1.62. The molecular formula is C17H14F2IN4O3P. The van der Waals surface area contributed by atoms with Crippen molar-refractivity contribution in [3.8, 4) is 11.5 Å². The van der Waals surface area contributed by atoms with E-state index in [4.69, 9.17) is 4.52 Å². The van der Waals surface area contributed by atoms with E-state index in [9.17, 15) is 18.7 Å². The lowest BCUT2D eigenvalue weighted by Crippen LogP contribution is -2.31. The first kappa shape index (κ1) is 20.7. The van der Waals surface area contributed by atoms with E-state index in [0.29, 0.717) is 11.3 Å². The van der Waals surface area contributed by atoms with E-state index >= 15 is 0 Å². The second-order valence-corrected chi connectivity index (χ2v) is 9.27. The predicted molar refractivity (Wildman–Crippen MR) is 108 cm³/mol. The van der Waals surface area contributed by atoms with Crippen molar-refractivity contribution in [2.24, 2.45) is 0 Å². The Hall–Kier alpha value is -2.04. The predicted octanol–water partition coefficient (Wildman–Crippen LogP) is 3.12. The van der Waals surface area contributed by atoms with E-state index in [0.717, 1.165) is 12.1 Å². The maximum Gasteiger partial charge on any atom is 0.251 e. The van der Waals surface area contributed by atoms with E-state index in [-0.39, 0.29) is 17.3 Å². The van der Waals surface area contributed by atoms with Gasteiger partial charge in [0.05, 0.1) is 6.61 Å². The van der Waals surface area contributed by atoms with E-state index in [1.54, 1.807) is 22.6 Å². The molecule has 146 valence electrons. The van der Waals surface area contributed by atoms with Gasteiger partial charge in [-0.1, -0.05) is 20.5 Å². The molecule has 7 nitrogen and oxygen atoms in total. The first-order valence-electron chi connectivity index (χ1n) is 7.92. The van der Waals surface area contributed by atoms with Gasteiger partial charge in [0, 0.05) is 17.3 Å². The van der Waals surface area contributed by atoms with Crippen molar-refractivity contribution in [2.75, 3.05) is 6.61 Å². The topological polar surface area (TPSA) is 101 Å². The van der Waals surface area contributed by atoms with Gasteiger partial charge in [0.25, 0.3) is 11.8 Å².